The minimum absolute atomic E-state index is 0.247. The summed E-state index contributed by atoms with van der Waals surface area (Å²) < 4.78 is 51.5. The van der Waals surface area contributed by atoms with E-state index in [2.05, 4.69) is 0 Å². The van der Waals surface area contributed by atoms with Gasteiger partial charge in [-0.25, -0.2) is 8.78 Å². The Hall–Kier alpha value is -1.21. The molecular formula is C8H8F2N2O2S. The molecule has 7 heteroatoms. The molecule has 1 fully saturated rings. The fourth-order valence-corrected chi connectivity index (χ4v) is 2.19. The van der Waals surface area contributed by atoms with Gasteiger partial charge >= 0.3 is 10.2 Å². The predicted octanol–water partition coefficient (Wildman–Crippen LogP) is 0.937. The Kier molecular flexibility index (Phi) is 2.35. The van der Waals surface area contributed by atoms with E-state index in [1.54, 1.807) is 0 Å². The van der Waals surface area contributed by atoms with Gasteiger partial charge in [-0.1, -0.05) is 0 Å². The van der Waals surface area contributed by atoms with Crippen LogP contribution in [-0.4, -0.2) is 25.8 Å². The average molecular weight is 234 g/mol. The Morgan fingerprint density at radius 3 is 2.47 bits per heavy atom. The highest BCUT2D eigenvalue weighted by molar-refractivity contribution is 7.90. The molecule has 1 N–H and O–H groups in total. The summed E-state index contributed by atoms with van der Waals surface area (Å²) in [5.74, 6) is -1.68. The lowest BCUT2D eigenvalue weighted by molar-refractivity contribution is 0.565. The molecule has 1 aromatic rings. The van der Waals surface area contributed by atoms with Crippen LogP contribution in [0.25, 0.3) is 0 Å². The van der Waals surface area contributed by atoms with Crippen molar-refractivity contribution in [3.8, 4) is 0 Å². The zero-order valence-electron chi connectivity index (χ0n) is 7.57. The van der Waals surface area contributed by atoms with E-state index in [0.29, 0.717) is 19.2 Å². The van der Waals surface area contributed by atoms with Gasteiger partial charge in [0.15, 0.2) is 0 Å². The van der Waals surface area contributed by atoms with Crippen LogP contribution >= 0.6 is 0 Å². The van der Waals surface area contributed by atoms with E-state index in [1.165, 1.54) is 0 Å². The normalized spacial score (nSPS) is 16.4. The van der Waals surface area contributed by atoms with Gasteiger partial charge in [0.25, 0.3) is 0 Å². The first kappa shape index (κ1) is 10.3. The van der Waals surface area contributed by atoms with E-state index in [-0.39, 0.29) is 5.69 Å². The minimum atomic E-state index is -3.65. The zero-order chi connectivity index (χ0) is 11.1. The largest absolute Gasteiger partial charge is 0.301 e. The first-order valence-electron chi connectivity index (χ1n) is 4.22. The maximum Gasteiger partial charge on any atom is 0.301 e. The summed E-state index contributed by atoms with van der Waals surface area (Å²) in [6, 6.07) is 2.66. The molecule has 0 atom stereocenters. The third-order valence-corrected chi connectivity index (χ3v) is 3.44. The molecule has 2 rings (SSSR count). The number of hydrogen-bond acceptors (Lipinski definition) is 2. The fraction of sp³-hybridized carbons (Fsp3) is 0.250. The molecule has 1 saturated heterocycles. The van der Waals surface area contributed by atoms with Gasteiger partial charge in [0.2, 0.25) is 0 Å². The van der Waals surface area contributed by atoms with Crippen LogP contribution in [-0.2, 0) is 10.2 Å². The summed E-state index contributed by atoms with van der Waals surface area (Å²) in [7, 11) is -3.65. The van der Waals surface area contributed by atoms with E-state index in [4.69, 9.17) is 0 Å². The SMILES string of the molecule is O=S(=O)(Nc1ccc(F)cc1F)N1CC1. The Bertz CT molecular complexity index is 485. The summed E-state index contributed by atoms with van der Waals surface area (Å²) in [4.78, 5) is 0. The highest BCUT2D eigenvalue weighted by atomic mass is 32.2. The summed E-state index contributed by atoms with van der Waals surface area (Å²) in [5, 5.41) is 0. The van der Waals surface area contributed by atoms with Gasteiger partial charge in [0.1, 0.15) is 11.6 Å². The molecule has 0 spiro atoms. The maximum atomic E-state index is 13.1. The number of rotatable bonds is 3. The second-order valence-electron chi connectivity index (χ2n) is 3.13. The molecule has 0 unspecified atom stereocenters. The molecule has 82 valence electrons. The summed E-state index contributed by atoms with van der Waals surface area (Å²) in [6.07, 6.45) is 0. The average Bonchev–Trinajstić information content (AvgIpc) is 2.92. The maximum absolute atomic E-state index is 13.1. The molecule has 0 aromatic heterocycles. The molecule has 0 aliphatic carbocycles. The molecule has 0 bridgehead atoms. The molecule has 1 aromatic carbocycles. The highest BCUT2D eigenvalue weighted by Gasteiger charge is 2.32. The highest BCUT2D eigenvalue weighted by Crippen LogP contribution is 2.20. The third kappa shape index (κ3) is 2.24. The van der Waals surface area contributed by atoms with E-state index >= 15 is 0 Å². The van der Waals surface area contributed by atoms with Gasteiger partial charge in [-0.2, -0.15) is 12.7 Å². The van der Waals surface area contributed by atoms with Crippen molar-refractivity contribution in [3.05, 3.63) is 29.8 Å². The van der Waals surface area contributed by atoms with Crippen LogP contribution in [0.1, 0.15) is 0 Å². The molecule has 1 heterocycles. The Morgan fingerprint density at radius 2 is 1.93 bits per heavy atom. The number of halogens is 2. The van der Waals surface area contributed by atoms with E-state index in [1.807, 2.05) is 4.72 Å². The quantitative estimate of drug-likeness (QED) is 0.791. The summed E-state index contributed by atoms with van der Waals surface area (Å²) in [5.41, 5.74) is -0.247. The van der Waals surface area contributed by atoms with Gasteiger partial charge in [0.05, 0.1) is 5.69 Å². The number of hydrogen-bond donors (Lipinski definition) is 1. The molecule has 0 saturated carbocycles. The molecule has 1 aliphatic heterocycles. The molecule has 15 heavy (non-hydrogen) atoms. The van der Waals surface area contributed by atoms with Gasteiger partial charge in [-0.15, -0.1) is 0 Å². The van der Waals surface area contributed by atoms with Crippen LogP contribution in [0.2, 0.25) is 0 Å². The van der Waals surface area contributed by atoms with Crippen molar-refractivity contribution >= 4 is 15.9 Å². The molecule has 0 amide bonds. The second-order valence-corrected chi connectivity index (χ2v) is 4.80. The van der Waals surface area contributed by atoms with Gasteiger partial charge in [-0.3, -0.25) is 4.72 Å². The predicted molar refractivity (Wildman–Crippen MR) is 50.5 cm³/mol. The Balaban J connectivity index is 2.24. The van der Waals surface area contributed by atoms with Crippen molar-refractivity contribution < 1.29 is 17.2 Å². The van der Waals surface area contributed by atoms with E-state index < -0.39 is 21.8 Å². The number of nitrogens with one attached hydrogen (secondary N) is 1. The Morgan fingerprint density at radius 1 is 1.27 bits per heavy atom. The Labute approximate surface area is 85.7 Å². The molecule has 4 nitrogen and oxygen atoms in total. The van der Waals surface area contributed by atoms with Gasteiger partial charge < -0.3 is 0 Å². The van der Waals surface area contributed by atoms with Crippen LogP contribution in [0.3, 0.4) is 0 Å². The number of benzene rings is 1. The van der Waals surface area contributed by atoms with Crippen LogP contribution in [0, 0.1) is 11.6 Å². The van der Waals surface area contributed by atoms with Crippen molar-refractivity contribution in [2.75, 3.05) is 17.8 Å². The first-order valence-corrected chi connectivity index (χ1v) is 5.66. The fourth-order valence-electron chi connectivity index (χ4n) is 1.06. The van der Waals surface area contributed by atoms with Crippen LogP contribution in [0.4, 0.5) is 14.5 Å². The smallest absolute Gasteiger partial charge is 0.268 e. The van der Waals surface area contributed by atoms with Crippen molar-refractivity contribution in [1.82, 2.24) is 4.31 Å². The van der Waals surface area contributed by atoms with Crippen molar-refractivity contribution in [2.24, 2.45) is 0 Å². The summed E-state index contributed by atoms with van der Waals surface area (Å²) >= 11 is 0. The first-order chi connectivity index (χ1) is 6.99. The van der Waals surface area contributed by atoms with E-state index in [0.717, 1.165) is 16.4 Å². The number of anilines is 1. The summed E-state index contributed by atoms with van der Waals surface area (Å²) in [6.45, 7) is 0.857. The lowest BCUT2D eigenvalue weighted by Gasteiger charge is -2.08. The monoisotopic (exact) mass is 234 g/mol. The third-order valence-electron chi connectivity index (χ3n) is 1.92. The van der Waals surface area contributed by atoms with Crippen molar-refractivity contribution in [3.63, 3.8) is 0 Å². The number of nitrogens with zero attached hydrogens (tertiary/aromatic N) is 1. The topological polar surface area (TPSA) is 49.2 Å². The molecular weight excluding hydrogens is 226 g/mol. The van der Waals surface area contributed by atoms with Gasteiger partial charge in [0, 0.05) is 19.2 Å². The minimum Gasteiger partial charge on any atom is -0.268 e. The molecule has 0 radical (unpaired) electrons. The lowest BCUT2D eigenvalue weighted by atomic mass is 10.3. The van der Waals surface area contributed by atoms with Gasteiger partial charge in [-0.05, 0) is 12.1 Å². The van der Waals surface area contributed by atoms with Crippen LogP contribution < -0.4 is 4.72 Å². The lowest BCUT2D eigenvalue weighted by Crippen LogP contribution is -2.21. The van der Waals surface area contributed by atoms with Crippen LogP contribution in [0.5, 0.6) is 0 Å². The van der Waals surface area contributed by atoms with Crippen LogP contribution in [0.15, 0.2) is 18.2 Å². The second kappa shape index (κ2) is 3.42. The zero-order valence-corrected chi connectivity index (χ0v) is 8.39. The standard InChI is InChI=1S/C8H8F2N2O2S/c9-6-1-2-8(7(10)5-6)11-15(13,14)12-3-4-12/h1-2,5,11H,3-4H2. The van der Waals surface area contributed by atoms with E-state index in [9.17, 15) is 17.2 Å². The van der Waals surface area contributed by atoms with Crippen molar-refractivity contribution in [1.29, 1.82) is 0 Å². The van der Waals surface area contributed by atoms with Crippen molar-refractivity contribution in [2.45, 2.75) is 0 Å². The molecule has 1 aliphatic rings.